The number of nitrogens with zero attached hydrogens (tertiary/aromatic N) is 2. The van der Waals surface area contributed by atoms with Crippen LogP contribution in [-0.4, -0.2) is 44.0 Å². The van der Waals surface area contributed by atoms with Crippen LogP contribution in [0.4, 0.5) is 4.79 Å². The second-order valence-electron chi connectivity index (χ2n) is 8.89. The lowest BCUT2D eigenvalue weighted by Gasteiger charge is -2.41. The SMILES string of the molecule is CC(C)(C)OC(=O)N1CC(C(=O)NS(=O)(=O)c2cc(Br)cc(C#N)c2)C2(CCC2)C1. The van der Waals surface area contributed by atoms with E-state index in [-0.39, 0.29) is 17.0 Å². The summed E-state index contributed by atoms with van der Waals surface area (Å²) >= 11 is 3.18. The maximum Gasteiger partial charge on any atom is 0.410 e. The standard InChI is InChI=1S/C20H24BrN3O5S/c1-19(2,3)29-18(26)24-11-16(20(12-24)5-4-6-20)17(25)23-30(27,28)15-8-13(10-22)7-14(21)9-15/h7-9,16H,4-6,11-12H2,1-3H3,(H,23,25). The van der Waals surface area contributed by atoms with Gasteiger partial charge in [0, 0.05) is 23.0 Å². The Morgan fingerprint density at radius 2 is 1.97 bits per heavy atom. The molecule has 1 aromatic rings. The number of rotatable bonds is 3. The van der Waals surface area contributed by atoms with Crippen molar-refractivity contribution in [3.63, 3.8) is 0 Å². The van der Waals surface area contributed by atoms with E-state index in [0.29, 0.717) is 11.0 Å². The summed E-state index contributed by atoms with van der Waals surface area (Å²) in [6, 6.07) is 5.92. The zero-order valence-electron chi connectivity index (χ0n) is 17.1. The van der Waals surface area contributed by atoms with Crippen LogP contribution >= 0.6 is 15.9 Å². The molecule has 1 saturated heterocycles. The molecule has 2 fully saturated rings. The fraction of sp³-hybridized carbons (Fsp3) is 0.550. The van der Waals surface area contributed by atoms with Crippen LogP contribution in [0.2, 0.25) is 0 Å². The summed E-state index contributed by atoms with van der Waals surface area (Å²) < 4.78 is 33.5. The van der Waals surface area contributed by atoms with E-state index >= 15 is 0 Å². The Balaban J connectivity index is 1.79. The first-order valence-corrected chi connectivity index (χ1v) is 11.9. The van der Waals surface area contributed by atoms with Gasteiger partial charge in [-0.3, -0.25) is 4.79 Å². The first-order valence-electron chi connectivity index (χ1n) is 9.61. The number of amides is 2. The molecule has 2 amide bonds. The van der Waals surface area contributed by atoms with Crippen molar-refractivity contribution in [2.24, 2.45) is 11.3 Å². The summed E-state index contributed by atoms with van der Waals surface area (Å²) in [6.45, 7) is 5.78. The smallest absolute Gasteiger partial charge is 0.410 e. The van der Waals surface area contributed by atoms with Crippen LogP contribution in [0.25, 0.3) is 0 Å². The molecule has 10 heteroatoms. The maximum absolute atomic E-state index is 13.0. The van der Waals surface area contributed by atoms with Gasteiger partial charge in [-0.1, -0.05) is 22.4 Å². The van der Waals surface area contributed by atoms with E-state index in [2.05, 4.69) is 20.7 Å². The van der Waals surface area contributed by atoms with Crippen molar-refractivity contribution >= 4 is 38.0 Å². The summed E-state index contributed by atoms with van der Waals surface area (Å²) in [5, 5.41) is 9.07. The molecule has 1 aliphatic heterocycles. The Morgan fingerprint density at radius 3 is 2.50 bits per heavy atom. The minimum Gasteiger partial charge on any atom is -0.444 e. The molecule has 1 saturated carbocycles. The van der Waals surface area contributed by atoms with Gasteiger partial charge in [0.05, 0.1) is 22.4 Å². The molecule has 162 valence electrons. The Morgan fingerprint density at radius 1 is 1.30 bits per heavy atom. The first-order chi connectivity index (χ1) is 13.8. The molecule has 1 atom stereocenters. The molecule has 0 bridgehead atoms. The number of carbonyl (C=O) groups is 2. The second kappa shape index (κ2) is 7.85. The van der Waals surface area contributed by atoms with Gasteiger partial charge >= 0.3 is 6.09 Å². The molecule has 1 unspecified atom stereocenters. The number of ether oxygens (including phenoxy) is 1. The zero-order chi connectivity index (χ0) is 22.3. The highest BCUT2D eigenvalue weighted by Crippen LogP contribution is 2.52. The predicted octanol–water partition coefficient (Wildman–Crippen LogP) is 3.16. The van der Waals surface area contributed by atoms with E-state index in [9.17, 15) is 18.0 Å². The molecular weight excluding hydrogens is 474 g/mol. The number of nitrogens with one attached hydrogen (secondary N) is 1. The van der Waals surface area contributed by atoms with Crippen LogP contribution in [0, 0.1) is 22.7 Å². The van der Waals surface area contributed by atoms with Gasteiger partial charge in [0.1, 0.15) is 5.60 Å². The Kier molecular flexibility index (Phi) is 5.91. The summed E-state index contributed by atoms with van der Waals surface area (Å²) in [7, 11) is -4.17. The lowest BCUT2D eigenvalue weighted by Crippen LogP contribution is -2.46. The van der Waals surface area contributed by atoms with Crippen molar-refractivity contribution in [2.45, 2.75) is 50.5 Å². The van der Waals surface area contributed by atoms with Crippen molar-refractivity contribution in [3.05, 3.63) is 28.2 Å². The van der Waals surface area contributed by atoms with Crippen LogP contribution in [0.1, 0.15) is 45.6 Å². The van der Waals surface area contributed by atoms with E-state index < -0.39 is 39.0 Å². The third kappa shape index (κ3) is 4.62. The fourth-order valence-corrected chi connectivity index (χ4v) is 5.71. The molecule has 1 aliphatic carbocycles. The lowest BCUT2D eigenvalue weighted by molar-refractivity contribution is -0.127. The van der Waals surface area contributed by atoms with Crippen LogP contribution in [0.5, 0.6) is 0 Å². The predicted molar refractivity (Wildman–Crippen MR) is 112 cm³/mol. The summed E-state index contributed by atoms with van der Waals surface area (Å²) in [4.78, 5) is 26.8. The number of carbonyl (C=O) groups excluding carboxylic acids is 2. The highest BCUT2D eigenvalue weighted by Gasteiger charge is 2.55. The van der Waals surface area contributed by atoms with Gasteiger partial charge in [0.15, 0.2) is 0 Å². The molecular formula is C20H24BrN3O5S. The molecule has 2 aliphatic rings. The van der Waals surface area contributed by atoms with Crippen LogP contribution in [0.3, 0.4) is 0 Å². The summed E-state index contributed by atoms with van der Waals surface area (Å²) in [5.41, 5.74) is -0.928. The number of halogens is 1. The monoisotopic (exact) mass is 497 g/mol. The van der Waals surface area contributed by atoms with E-state index in [0.717, 1.165) is 19.3 Å². The quantitative estimate of drug-likeness (QED) is 0.685. The molecule has 8 nitrogen and oxygen atoms in total. The van der Waals surface area contributed by atoms with Crippen LogP contribution < -0.4 is 4.72 Å². The van der Waals surface area contributed by atoms with Crippen molar-refractivity contribution < 1.29 is 22.7 Å². The van der Waals surface area contributed by atoms with E-state index in [1.807, 2.05) is 6.07 Å². The summed E-state index contributed by atoms with van der Waals surface area (Å²) in [5.74, 6) is -1.28. The normalized spacial score (nSPS) is 20.4. The number of nitriles is 1. The molecule has 3 rings (SSSR count). The number of benzene rings is 1. The van der Waals surface area contributed by atoms with Crippen molar-refractivity contribution in [1.82, 2.24) is 9.62 Å². The fourth-order valence-electron chi connectivity index (χ4n) is 3.98. The molecule has 1 aromatic carbocycles. The third-order valence-electron chi connectivity index (χ3n) is 5.51. The van der Waals surface area contributed by atoms with Crippen LogP contribution in [-0.2, 0) is 19.6 Å². The van der Waals surface area contributed by atoms with Crippen molar-refractivity contribution in [3.8, 4) is 6.07 Å². The minimum absolute atomic E-state index is 0.109. The zero-order valence-corrected chi connectivity index (χ0v) is 19.5. The first kappa shape index (κ1) is 22.6. The lowest BCUT2D eigenvalue weighted by atomic mass is 9.62. The van der Waals surface area contributed by atoms with Crippen molar-refractivity contribution in [1.29, 1.82) is 5.26 Å². The van der Waals surface area contributed by atoms with Gasteiger partial charge < -0.3 is 9.64 Å². The average Bonchev–Trinajstić information content (AvgIpc) is 3.01. The highest BCUT2D eigenvalue weighted by atomic mass is 79.9. The summed E-state index contributed by atoms with van der Waals surface area (Å²) in [6.07, 6.45) is 1.92. The number of sulfonamides is 1. The van der Waals surface area contributed by atoms with Gasteiger partial charge in [-0.15, -0.1) is 0 Å². The van der Waals surface area contributed by atoms with Gasteiger partial charge in [-0.05, 0) is 51.8 Å². The topological polar surface area (TPSA) is 117 Å². The number of likely N-dealkylation sites (tertiary alicyclic amines) is 1. The Hall–Kier alpha value is -2.12. The van der Waals surface area contributed by atoms with Gasteiger partial charge in [-0.25, -0.2) is 17.9 Å². The molecule has 0 radical (unpaired) electrons. The number of hydrogen-bond acceptors (Lipinski definition) is 6. The van der Waals surface area contributed by atoms with E-state index in [1.54, 1.807) is 20.8 Å². The minimum atomic E-state index is -4.17. The number of hydrogen-bond donors (Lipinski definition) is 1. The highest BCUT2D eigenvalue weighted by molar-refractivity contribution is 9.10. The molecule has 1 heterocycles. The van der Waals surface area contributed by atoms with E-state index in [4.69, 9.17) is 10.00 Å². The maximum atomic E-state index is 13.0. The average molecular weight is 498 g/mol. The Bertz CT molecular complexity index is 1020. The van der Waals surface area contributed by atoms with Gasteiger partial charge in [-0.2, -0.15) is 5.26 Å². The molecule has 30 heavy (non-hydrogen) atoms. The van der Waals surface area contributed by atoms with Crippen LogP contribution in [0.15, 0.2) is 27.6 Å². The third-order valence-corrected chi connectivity index (χ3v) is 7.30. The molecule has 0 aromatic heterocycles. The Labute approximate surface area is 184 Å². The van der Waals surface area contributed by atoms with E-state index in [1.165, 1.54) is 23.1 Å². The van der Waals surface area contributed by atoms with Gasteiger partial charge in [0.25, 0.3) is 10.0 Å². The second-order valence-corrected chi connectivity index (χ2v) is 11.5. The van der Waals surface area contributed by atoms with Gasteiger partial charge in [0.2, 0.25) is 5.91 Å². The molecule has 1 spiro atoms. The largest absolute Gasteiger partial charge is 0.444 e. The van der Waals surface area contributed by atoms with Crippen molar-refractivity contribution in [2.75, 3.05) is 13.1 Å². The molecule has 1 N–H and O–H groups in total.